The molecule has 3 heterocycles. The molecule has 0 atom stereocenters. The molecule has 2 aliphatic heterocycles. The smallest absolute Gasteiger partial charge is 0.162 e. The van der Waals surface area contributed by atoms with Crippen LogP contribution in [-0.2, 0) is 13.0 Å². The lowest BCUT2D eigenvalue weighted by Crippen LogP contribution is -3.00. The van der Waals surface area contributed by atoms with Crippen LogP contribution < -0.4 is 26.5 Å². The Kier molecular flexibility index (Phi) is 3.22. The molecule has 0 N–H and O–H groups in total. The van der Waals surface area contributed by atoms with Gasteiger partial charge >= 0.3 is 0 Å². The average molecular weight is 322 g/mol. The Morgan fingerprint density at radius 3 is 2.79 bits per heavy atom. The monoisotopic (exact) mass is 321 g/mol. The zero-order chi connectivity index (χ0) is 11.9. The molecule has 0 saturated heterocycles. The minimum Gasteiger partial charge on any atom is -1.00 e. The van der Waals surface area contributed by atoms with Gasteiger partial charge in [-0.2, -0.15) is 0 Å². The Balaban J connectivity index is 0.00000110. The first-order valence-electron chi connectivity index (χ1n) is 6.36. The molecule has 2 aromatic rings. The normalized spacial score (nSPS) is 15.8. The number of imidazole rings is 1. The van der Waals surface area contributed by atoms with E-state index in [2.05, 4.69) is 15.7 Å². The number of benzene rings is 1. The molecule has 0 bridgehead atoms. The van der Waals surface area contributed by atoms with Crippen LogP contribution in [0.15, 0.2) is 24.4 Å². The lowest BCUT2D eigenvalue weighted by atomic mass is 10.1. The van der Waals surface area contributed by atoms with Gasteiger partial charge in [-0.15, -0.1) is 0 Å². The van der Waals surface area contributed by atoms with E-state index >= 15 is 0 Å². The Hall–Kier alpha value is -1.49. The highest BCUT2D eigenvalue weighted by atomic mass is 79.9. The molecular weight excluding hydrogens is 308 g/mol. The summed E-state index contributed by atoms with van der Waals surface area (Å²) in [5.74, 6) is 2.85. The van der Waals surface area contributed by atoms with Crippen molar-refractivity contribution in [2.45, 2.75) is 19.4 Å². The van der Waals surface area contributed by atoms with Crippen molar-refractivity contribution < 1.29 is 26.5 Å². The Bertz CT molecular complexity index is 588. The van der Waals surface area contributed by atoms with Gasteiger partial charge in [0.05, 0.1) is 5.69 Å². The standard InChI is InChI=1S/C14H14N2O2.BrH/c1-2-14-15-11(9-16(14)5-1)10-3-4-12-13(8-10)18-7-6-17-12;/h3-4,8-9H,1-2,5-7H2;1H/p-1. The van der Waals surface area contributed by atoms with Crippen molar-refractivity contribution >= 4 is 0 Å². The number of hydrogen-bond donors (Lipinski definition) is 0. The molecule has 1 aromatic heterocycles. The van der Waals surface area contributed by atoms with Crippen molar-refractivity contribution in [3.63, 3.8) is 0 Å². The van der Waals surface area contributed by atoms with E-state index in [9.17, 15) is 0 Å². The quantitative estimate of drug-likeness (QED) is 0.695. The van der Waals surface area contributed by atoms with Crippen molar-refractivity contribution in [1.82, 2.24) is 9.55 Å². The van der Waals surface area contributed by atoms with Gasteiger partial charge in [0.25, 0.3) is 0 Å². The Morgan fingerprint density at radius 2 is 1.95 bits per heavy atom. The topological polar surface area (TPSA) is 36.3 Å². The first kappa shape index (κ1) is 12.5. The van der Waals surface area contributed by atoms with Gasteiger partial charge in [-0.25, -0.2) is 4.98 Å². The first-order valence-corrected chi connectivity index (χ1v) is 6.36. The SMILES string of the molecule is [Br-].c1cc2c(cc1-c1cn3c(n1)CCC3)OCCO2. The number of aryl methyl sites for hydroxylation is 2. The number of fused-ring (bicyclic) bond motifs is 2. The molecule has 2 aliphatic rings. The fourth-order valence-corrected chi connectivity index (χ4v) is 2.60. The minimum absolute atomic E-state index is 0. The van der Waals surface area contributed by atoms with E-state index in [1.807, 2.05) is 18.2 Å². The average Bonchev–Trinajstić information content (AvgIpc) is 2.99. The third kappa shape index (κ3) is 2.12. The molecule has 0 amide bonds. The van der Waals surface area contributed by atoms with Crippen molar-refractivity contribution in [2.24, 2.45) is 0 Å². The maximum atomic E-state index is 5.60. The molecular formula is C14H14BrN2O2-. The van der Waals surface area contributed by atoms with E-state index in [0.29, 0.717) is 13.2 Å². The third-order valence-corrected chi connectivity index (χ3v) is 3.50. The zero-order valence-electron chi connectivity index (χ0n) is 10.4. The third-order valence-electron chi connectivity index (χ3n) is 3.50. The summed E-state index contributed by atoms with van der Waals surface area (Å²) < 4.78 is 13.4. The van der Waals surface area contributed by atoms with E-state index < -0.39 is 0 Å². The molecule has 0 aliphatic carbocycles. The molecule has 19 heavy (non-hydrogen) atoms. The molecule has 0 saturated carbocycles. The predicted octanol–water partition coefficient (Wildman–Crippen LogP) is -0.728. The van der Waals surface area contributed by atoms with Crippen molar-refractivity contribution in [3.05, 3.63) is 30.2 Å². The van der Waals surface area contributed by atoms with Crippen molar-refractivity contribution in [1.29, 1.82) is 0 Å². The van der Waals surface area contributed by atoms with Crippen LogP contribution in [0.4, 0.5) is 0 Å². The van der Waals surface area contributed by atoms with Gasteiger partial charge in [0, 0.05) is 24.7 Å². The number of aromatic nitrogens is 2. The Labute approximate surface area is 122 Å². The van der Waals surface area contributed by atoms with Crippen LogP contribution in [0.25, 0.3) is 11.3 Å². The van der Waals surface area contributed by atoms with Gasteiger partial charge in [0.1, 0.15) is 19.0 Å². The summed E-state index contributed by atoms with van der Waals surface area (Å²) in [4.78, 5) is 4.68. The lowest BCUT2D eigenvalue weighted by molar-refractivity contribution is -0.00000428. The summed E-state index contributed by atoms with van der Waals surface area (Å²) in [6, 6.07) is 6.03. The second-order valence-corrected chi connectivity index (χ2v) is 4.70. The summed E-state index contributed by atoms with van der Waals surface area (Å²) in [7, 11) is 0. The minimum atomic E-state index is 0. The highest BCUT2D eigenvalue weighted by Crippen LogP contribution is 2.34. The van der Waals surface area contributed by atoms with Crippen LogP contribution >= 0.6 is 0 Å². The lowest BCUT2D eigenvalue weighted by Gasteiger charge is -2.18. The predicted molar refractivity (Wildman–Crippen MR) is 67.0 cm³/mol. The summed E-state index contributed by atoms with van der Waals surface area (Å²) in [5.41, 5.74) is 2.13. The summed E-state index contributed by atoms with van der Waals surface area (Å²) in [6.07, 6.45) is 4.43. The van der Waals surface area contributed by atoms with Crippen molar-refractivity contribution in [2.75, 3.05) is 13.2 Å². The van der Waals surface area contributed by atoms with E-state index in [1.54, 1.807) is 0 Å². The van der Waals surface area contributed by atoms with Crippen LogP contribution in [0.2, 0.25) is 0 Å². The van der Waals surface area contributed by atoms with Gasteiger partial charge < -0.3 is 31.0 Å². The largest absolute Gasteiger partial charge is 1.00 e. The maximum Gasteiger partial charge on any atom is 0.162 e. The maximum absolute atomic E-state index is 5.60. The number of nitrogens with zero attached hydrogens (tertiary/aromatic N) is 2. The van der Waals surface area contributed by atoms with Gasteiger partial charge in [-0.3, -0.25) is 0 Å². The molecule has 0 fully saturated rings. The van der Waals surface area contributed by atoms with E-state index in [0.717, 1.165) is 35.7 Å². The number of rotatable bonds is 1. The van der Waals surface area contributed by atoms with E-state index in [1.165, 1.54) is 12.2 Å². The highest BCUT2D eigenvalue weighted by Gasteiger charge is 2.17. The molecule has 4 nitrogen and oxygen atoms in total. The zero-order valence-corrected chi connectivity index (χ0v) is 12.0. The molecule has 0 unspecified atom stereocenters. The second-order valence-electron chi connectivity index (χ2n) is 4.70. The van der Waals surface area contributed by atoms with Crippen LogP contribution in [0.3, 0.4) is 0 Å². The summed E-state index contributed by atoms with van der Waals surface area (Å²) in [5, 5.41) is 0. The van der Waals surface area contributed by atoms with Crippen molar-refractivity contribution in [3.8, 4) is 22.8 Å². The second kappa shape index (κ2) is 4.89. The number of hydrogen-bond acceptors (Lipinski definition) is 3. The molecule has 0 spiro atoms. The number of halogens is 1. The highest BCUT2D eigenvalue weighted by molar-refractivity contribution is 5.64. The van der Waals surface area contributed by atoms with Crippen LogP contribution in [0, 0.1) is 0 Å². The summed E-state index contributed by atoms with van der Waals surface area (Å²) >= 11 is 0. The van der Waals surface area contributed by atoms with Crippen LogP contribution in [0.5, 0.6) is 11.5 Å². The van der Waals surface area contributed by atoms with Crippen LogP contribution in [0.1, 0.15) is 12.2 Å². The van der Waals surface area contributed by atoms with Crippen LogP contribution in [-0.4, -0.2) is 22.8 Å². The summed E-state index contributed by atoms with van der Waals surface area (Å²) in [6.45, 7) is 2.34. The fraction of sp³-hybridized carbons (Fsp3) is 0.357. The molecule has 1 aromatic carbocycles. The van der Waals surface area contributed by atoms with Gasteiger partial charge in [-0.05, 0) is 24.6 Å². The van der Waals surface area contributed by atoms with E-state index in [4.69, 9.17) is 9.47 Å². The number of ether oxygens (including phenoxy) is 2. The Morgan fingerprint density at radius 1 is 1.11 bits per heavy atom. The molecule has 0 radical (unpaired) electrons. The first-order chi connectivity index (χ1) is 8.90. The molecule has 4 rings (SSSR count). The van der Waals surface area contributed by atoms with Gasteiger partial charge in [0.15, 0.2) is 11.5 Å². The van der Waals surface area contributed by atoms with Gasteiger partial charge in [-0.1, -0.05) is 0 Å². The molecule has 5 heteroatoms. The molecule has 100 valence electrons. The van der Waals surface area contributed by atoms with E-state index in [-0.39, 0.29) is 17.0 Å². The van der Waals surface area contributed by atoms with Gasteiger partial charge in [0.2, 0.25) is 0 Å². The fourth-order valence-electron chi connectivity index (χ4n) is 2.60.